The summed E-state index contributed by atoms with van der Waals surface area (Å²) in [6.45, 7) is 1.91. The summed E-state index contributed by atoms with van der Waals surface area (Å²) in [4.78, 5) is 4.23. The molecule has 17 heavy (non-hydrogen) atoms. The minimum absolute atomic E-state index is 0.630. The molecule has 5 heteroatoms. The number of rotatable bonds is 3. The average Bonchev–Trinajstić information content (AvgIpc) is 2.67. The van der Waals surface area contributed by atoms with Crippen LogP contribution in [0.15, 0.2) is 22.6 Å². The zero-order valence-corrected chi connectivity index (χ0v) is 11.9. The van der Waals surface area contributed by atoms with Crippen molar-refractivity contribution in [2.24, 2.45) is 0 Å². The Kier molecular flexibility index (Phi) is 3.56. The molecule has 0 unspecified atom stereocenters. The number of oxazole rings is 1. The molecule has 0 atom stereocenters. The second kappa shape index (κ2) is 4.95. The maximum atomic E-state index is 5.55. The van der Waals surface area contributed by atoms with Crippen molar-refractivity contribution in [2.75, 3.05) is 14.2 Å². The molecule has 0 radical (unpaired) electrons. The number of nitrogens with zero attached hydrogens (tertiary/aromatic N) is 1. The van der Waals surface area contributed by atoms with Gasteiger partial charge in [-0.2, -0.15) is 0 Å². The molecule has 90 valence electrons. The van der Waals surface area contributed by atoms with Crippen molar-refractivity contribution >= 4 is 22.6 Å². The van der Waals surface area contributed by atoms with Crippen LogP contribution in [0.25, 0.3) is 11.3 Å². The fourth-order valence-electron chi connectivity index (χ4n) is 1.61. The summed E-state index contributed by atoms with van der Waals surface area (Å²) in [7, 11) is 3.22. The van der Waals surface area contributed by atoms with Crippen LogP contribution in [0, 0.1) is 10.8 Å². The summed E-state index contributed by atoms with van der Waals surface area (Å²) in [6, 6.07) is 5.65. The normalized spacial score (nSPS) is 10.4. The molecule has 0 saturated carbocycles. The molecular weight excluding hydrogens is 333 g/mol. The van der Waals surface area contributed by atoms with Gasteiger partial charge in [0, 0.05) is 28.2 Å². The van der Waals surface area contributed by atoms with Gasteiger partial charge in [0.1, 0.15) is 0 Å². The van der Waals surface area contributed by atoms with Gasteiger partial charge in [0.25, 0.3) is 3.90 Å². The molecule has 0 N–H and O–H groups in total. The van der Waals surface area contributed by atoms with Gasteiger partial charge in [0.2, 0.25) is 0 Å². The van der Waals surface area contributed by atoms with Crippen LogP contribution in [0.1, 0.15) is 5.69 Å². The second-order valence-corrected chi connectivity index (χ2v) is 4.37. The Morgan fingerprint density at radius 2 is 1.88 bits per heavy atom. The molecule has 1 heterocycles. The fourth-order valence-corrected chi connectivity index (χ4v) is 2.19. The van der Waals surface area contributed by atoms with Gasteiger partial charge < -0.3 is 13.9 Å². The van der Waals surface area contributed by atoms with Crippen LogP contribution in [0.5, 0.6) is 11.5 Å². The van der Waals surface area contributed by atoms with Crippen LogP contribution in [0.4, 0.5) is 0 Å². The van der Waals surface area contributed by atoms with E-state index in [1.165, 1.54) is 0 Å². The van der Waals surface area contributed by atoms with E-state index in [9.17, 15) is 0 Å². The summed E-state index contributed by atoms with van der Waals surface area (Å²) in [5.41, 5.74) is 1.79. The van der Waals surface area contributed by atoms with Crippen LogP contribution >= 0.6 is 22.6 Å². The van der Waals surface area contributed by atoms with Crippen molar-refractivity contribution in [1.29, 1.82) is 0 Å². The number of halogens is 1. The Morgan fingerprint density at radius 1 is 1.18 bits per heavy atom. The van der Waals surface area contributed by atoms with E-state index < -0.39 is 0 Å². The Hall–Kier alpha value is -1.24. The number of ether oxygens (including phenoxy) is 2. The van der Waals surface area contributed by atoms with E-state index in [2.05, 4.69) is 27.6 Å². The Morgan fingerprint density at radius 3 is 2.41 bits per heavy atom. The molecular formula is C12H12INO3. The van der Waals surface area contributed by atoms with Crippen molar-refractivity contribution in [1.82, 2.24) is 4.98 Å². The Labute approximate surface area is 113 Å². The zero-order chi connectivity index (χ0) is 12.4. The van der Waals surface area contributed by atoms with Crippen LogP contribution in [-0.2, 0) is 0 Å². The monoisotopic (exact) mass is 345 g/mol. The molecule has 0 saturated heterocycles. The second-order valence-electron chi connectivity index (χ2n) is 3.45. The molecule has 0 bridgehead atoms. The molecule has 2 rings (SSSR count). The largest absolute Gasteiger partial charge is 0.493 e. The lowest BCUT2D eigenvalue weighted by Crippen LogP contribution is -1.90. The Balaban J connectivity index is 2.50. The molecule has 0 aliphatic carbocycles. The summed E-state index contributed by atoms with van der Waals surface area (Å²) in [5, 5.41) is 0. The van der Waals surface area contributed by atoms with E-state index >= 15 is 0 Å². The lowest BCUT2D eigenvalue weighted by atomic mass is 10.1. The predicted molar refractivity (Wildman–Crippen MR) is 72.5 cm³/mol. The molecule has 1 aromatic heterocycles. The predicted octanol–water partition coefficient (Wildman–Crippen LogP) is 3.27. The topological polar surface area (TPSA) is 44.5 Å². The van der Waals surface area contributed by atoms with Crippen LogP contribution in [0.2, 0.25) is 0 Å². The van der Waals surface area contributed by atoms with Crippen LogP contribution in [-0.4, -0.2) is 19.2 Å². The molecule has 2 aromatic rings. The van der Waals surface area contributed by atoms with Gasteiger partial charge in [0.15, 0.2) is 17.3 Å². The lowest BCUT2D eigenvalue weighted by Gasteiger charge is -2.08. The Bertz CT molecular complexity index is 537. The van der Waals surface area contributed by atoms with Crippen LogP contribution in [0.3, 0.4) is 0 Å². The third kappa shape index (κ3) is 2.38. The first-order valence-corrected chi connectivity index (χ1v) is 6.09. The van der Waals surface area contributed by atoms with Gasteiger partial charge >= 0.3 is 0 Å². The maximum absolute atomic E-state index is 5.55. The molecule has 0 amide bonds. The smallest absolute Gasteiger partial charge is 0.257 e. The third-order valence-electron chi connectivity index (χ3n) is 2.42. The molecule has 0 fully saturated rings. The standard InChI is InChI=1S/C12H12INO3/c1-7-11(17-12(13)14-7)8-4-5-9(15-2)10(6-8)16-3/h4-6H,1-3H3. The number of hydrogen-bond donors (Lipinski definition) is 0. The van der Waals surface area contributed by atoms with Gasteiger partial charge in [-0.3, -0.25) is 0 Å². The van der Waals surface area contributed by atoms with Gasteiger partial charge in [-0.05, 0) is 25.1 Å². The van der Waals surface area contributed by atoms with Gasteiger partial charge in [-0.25, -0.2) is 4.98 Å². The number of aromatic nitrogens is 1. The molecule has 0 aliphatic heterocycles. The first-order chi connectivity index (χ1) is 8.15. The highest BCUT2D eigenvalue weighted by Gasteiger charge is 2.13. The highest BCUT2D eigenvalue weighted by molar-refractivity contribution is 14.1. The van der Waals surface area contributed by atoms with E-state index in [0.717, 1.165) is 17.0 Å². The number of hydrogen-bond acceptors (Lipinski definition) is 4. The summed E-state index contributed by atoms with van der Waals surface area (Å²) < 4.78 is 16.6. The molecule has 0 spiro atoms. The van der Waals surface area contributed by atoms with Crippen molar-refractivity contribution in [3.05, 3.63) is 27.8 Å². The molecule has 0 aliphatic rings. The summed E-state index contributed by atoms with van der Waals surface area (Å²) in [5.74, 6) is 2.13. The van der Waals surface area contributed by atoms with E-state index in [4.69, 9.17) is 13.9 Å². The first kappa shape index (κ1) is 12.2. The number of aryl methyl sites for hydroxylation is 1. The van der Waals surface area contributed by atoms with E-state index in [1.54, 1.807) is 14.2 Å². The maximum Gasteiger partial charge on any atom is 0.257 e. The fraction of sp³-hybridized carbons (Fsp3) is 0.250. The van der Waals surface area contributed by atoms with E-state index in [1.807, 2.05) is 25.1 Å². The number of benzene rings is 1. The average molecular weight is 345 g/mol. The van der Waals surface area contributed by atoms with Crippen molar-refractivity contribution < 1.29 is 13.9 Å². The van der Waals surface area contributed by atoms with Crippen molar-refractivity contribution in [2.45, 2.75) is 6.92 Å². The highest BCUT2D eigenvalue weighted by atomic mass is 127. The zero-order valence-electron chi connectivity index (χ0n) is 9.78. The van der Waals surface area contributed by atoms with E-state index in [-0.39, 0.29) is 0 Å². The SMILES string of the molecule is COc1ccc(-c2oc(I)nc2C)cc1OC. The van der Waals surface area contributed by atoms with Gasteiger partial charge in [-0.1, -0.05) is 0 Å². The summed E-state index contributed by atoms with van der Waals surface area (Å²) in [6.07, 6.45) is 0. The van der Waals surface area contributed by atoms with Crippen molar-refractivity contribution in [3.8, 4) is 22.8 Å². The number of methoxy groups -OCH3 is 2. The third-order valence-corrected chi connectivity index (χ3v) is 2.88. The summed E-state index contributed by atoms with van der Waals surface area (Å²) >= 11 is 2.05. The minimum atomic E-state index is 0.630. The quantitative estimate of drug-likeness (QED) is 0.801. The van der Waals surface area contributed by atoms with Crippen molar-refractivity contribution in [3.63, 3.8) is 0 Å². The minimum Gasteiger partial charge on any atom is -0.493 e. The highest BCUT2D eigenvalue weighted by Crippen LogP contribution is 2.33. The van der Waals surface area contributed by atoms with Gasteiger partial charge in [-0.15, -0.1) is 0 Å². The first-order valence-electron chi connectivity index (χ1n) is 5.01. The van der Waals surface area contributed by atoms with E-state index in [0.29, 0.717) is 15.4 Å². The molecule has 1 aromatic carbocycles. The van der Waals surface area contributed by atoms with Crippen LogP contribution < -0.4 is 9.47 Å². The van der Waals surface area contributed by atoms with Gasteiger partial charge in [0.05, 0.1) is 19.9 Å². The molecule has 4 nitrogen and oxygen atoms in total. The lowest BCUT2D eigenvalue weighted by molar-refractivity contribution is 0.355.